The van der Waals surface area contributed by atoms with Crippen LogP contribution in [0.25, 0.3) is 16.2 Å². The van der Waals surface area contributed by atoms with E-state index in [1.807, 2.05) is 24.5 Å². The van der Waals surface area contributed by atoms with E-state index in [9.17, 15) is 0 Å². The third-order valence-corrected chi connectivity index (χ3v) is 3.27. The summed E-state index contributed by atoms with van der Waals surface area (Å²) in [6, 6.07) is 3.97. The number of nitrogens with zero attached hydrogens (tertiary/aromatic N) is 3. The molecule has 0 unspecified atom stereocenters. The second-order valence-corrected chi connectivity index (χ2v) is 4.29. The van der Waals surface area contributed by atoms with Crippen molar-refractivity contribution in [2.75, 3.05) is 0 Å². The van der Waals surface area contributed by atoms with Gasteiger partial charge in [0, 0.05) is 36.1 Å². The first-order chi connectivity index (χ1) is 7.88. The van der Waals surface area contributed by atoms with Crippen LogP contribution in [-0.4, -0.2) is 14.4 Å². The second kappa shape index (κ2) is 3.70. The molecule has 0 aliphatic rings. The zero-order chi connectivity index (χ0) is 11.0. The van der Waals surface area contributed by atoms with Crippen molar-refractivity contribution in [2.24, 2.45) is 5.73 Å². The molecule has 0 fully saturated rings. The van der Waals surface area contributed by atoms with E-state index >= 15 is 0 Å². The first-order valence-corrected chi connectivity index (χ1v) is 5.82. The lowest BCUT2D eigenvalue weighted by molar-refractivity contribution is 1.02. The Labute approximate surface area is 96.4 Å². The van der Waals surface area contributed by atoms with Crippen LogP contribution in [0.2, 0.25) is 0 Å². The lowest BCUT2D eigenvalue weighted by atomic mass is 10.2. The molecule has 0 aliphatic carbocycles. The van der Waals surface area contributed by atoms with Crippen LogP contribution >= 0.6 is 11.3 Å². The number of fused-ring (bicyclic) bond motifs is 1. The van der Waals surface area contributed by atoms with Gasteiger partial charge in [-0.3, -0.25) is 9.38 Å². The Kier molecular flexibility index (Phi) is 2.19. The van der Waals surface area contributed by atoms with Crippen LogP contribution in [-0.2, 0) is 6.54 Å². The van der Waals surface area contributed by atoms with E-state index in [4.69, 9.17) is 5.73 Å². The molecule has 3 aromatic rings. The van der Waals surface area contributed by atoms with Gasteiger partial charge in [-0.2, -0.15) is 0 Å². The molecule has 5 heteroatoms. The van der Waals surface area contributed by atoms with Crippen LogP contribution < -0.4 is 5.73 Å². The summed E-state index contributed by atoms with van der Waals surface area (Å²) in [6.07, 6.45) is 5.60. The van der Waals surface area contributed by atoms with Gasteiger partial charge in [-0.15, -0.1) is 11.3 Å². The molecule has 3 rings (SSSR count). The minimum absolute atomic E-state index is 0.473. The fraction of sp³-hybridized carbons (Fsp3) is 0.0909. The summed E-state index contributed by atoms with van der Waals surface area (Å²) >= 11 is 1.61. The van der Waals surface area contributed by atoms with Crippen molar-refractivity contribution < 1.29 is 0 Å². The maximum Gasteiger partial charge on any atom is 0.194 e. The number of imidazole rings is 1. The smallest absolute Gasteiger partial charge is 0.194 e. The number of nitrogens with two attached hydrogens (primary N) is 1. The van der Waals surface area contributed by atoms with Crippen molar-refractivity contribution in [3.63, 3.8) is 0 Å². The van der Waals surface area contributed by atoms with Gasteiger partial charge < -0.3 is 5.73 Å². The Balaban J connectivity index is 2.20. The number of aromatic nitrogens is 3. The van der Waals surface area contributed by atoms with Crippen LogP contribution in [0.4, 0.5) is 0 Å². The lowest BCUT2D eigenvalue weighted by Crippen LogP contribution is -1.95. The van der Waals surface area contributed by atoms with E-state index in [2.05, 4.69) is 19.7 Å². The van der Waals surface area contributed by atoms with Crippen molar-refractivity contribution in [2.45, 2.75) is 6.54 Å². The first kappa shape index (κ1) is 9.50. The third-order valence-electron chi connectivity index (χ3n) is 2.43. The molecule has 0 bridgehead atoms. The Morgan fingerprint density at radius 2 is 2.38 bits per heavy atom. The van der Waals surface area contributed by atoms with Crippen LogP contribution in [0, 0.1) is 0 Å². The molecule has 0 atom stereocenters. The van der Waals surface area contributed by atoms with E-state index in [0.717, 1.165) is 21.9 Å². The topological polar surface area (TPSA) is 56.2 Å². The van der Waals surface area contributed by atoms with E-state index in [0.29, 0.717) is 6.54 Å². The minimum Gasteiger partial charge on any atom is -0.325 e. The number of thiazole rings is 1. The zero-order valence-electron chi connectivity index (χ0n) is 8.50. The van der Waals surface area contributed by atoms with Gasteiger partial charge in [-0.05, 0) is 12.1 Å². The van der Waals surface area contributed by atoms with Gasteiger partial charge >= 0.3 is 0 Å². The van der Waals surface area contributed by atoms with E-state index < -0.39 is 0 Å². The number of rotatable bonds is 2. The highest BCUT2D eigenvalue weighted by atomic mass is 32.1. The highest BCUT2D eigenvalue weighted by molar-refractivity contribution is 7.15. The quantitative estimate of drug-likeness (QED) is 0.731. The van der Waals surface area contributed by atoms with Crippen molar-refractivity contribution >= 4 is 16.3 Å². The molecule has 0 amide bonds. The monoisotopic (exact) mass is 230 g/mol. The largest absolute Gasteiger partial charge is 0.325 e. The Morgan fingerprint density at radius 1 is 1.44 bits per heavy atom. The van der Waals surface area contributed by atoms with E-state index in [-0.39, 0.29) is 0 Å². The summed E-state index contributed by atoms with van der Waals surface area (Å²) in [6.45, 7) is 0.473. The van der Waals surface area contributed by atoms with E-state index in [1.165, 1.54) is 0 Å². The van der Waals surface area contributed by atoms with Gasteiger partial charge in [0.05, 0.1) is 11.4 Å². The van der Waals surface area contributed by atoms with Gasteiger partial charge in [0.15, 0.2) is 4.96 Å². The van der Waals surface area contributed by atoms with Crippen LogP contribution in [0.1, 0.15) is 5.69 Å². The van der Waals surface area contributed by atoms with Gasteiger partial charge in [0.2, 0.25) is 0 Å². The van der Waals surface area contributed by atoms with Crippen LogP contribution in [0.3, 0.4) is 0 Å². The maximum absolute atomic E-state index is 5.58. The Morgan fingerprint density at radius 3 is 3.12 bits per heavy atom. The summed E-state index contributed by atoms with van der Waals surface area (Å²) < 4.78 is 2.06. The predicted molar refractivity (Wildman–Crippen MR) is 64.2 cm³/mol. The summed E-state index contributed by atoms with van der Waals surface area (Å²) in [7, 11) is 0. The van der Waals surface area contributed by atoms with Crippen LogP contribution in [0.15, 0.2) is 36.1 Å². The SMILES string of the molecule is NCc1cn2c(-c3cccnc3)csc2n1. The molecular formula is C11H10N4S. The third kappa shape index (κ3) is 1.41. The van der Waals surface area contributed by atoms with Gasteiger partial charge in [0.25, 0.3) is 0 Å². The molecule has 4 nitrogen and oxygen atoms in total. The Bertz CT molecular complexity index is 611. The number of pyridine rings is 1. The summed E-state index contributed by atoms with van der Waals surface area (Å²) in [5, 5.41) is 2.08. The molecular weight excluding hydrogens is 220 g/mol. The van der Waals surface area contributed by atoms with Gasteiger partial charge in [-0.25, -0.2) is 4.98 Å². The van der Waals surface area contributed by atoms with Gasteiger partial charge in [0.1, 0.15) is 0 Å². The molecule has 16 heavy (non-hydrogen) atoms. The highest BCUT2D eigenvalue weighted by Gasteiger charge is 2.08. The number of hydrogen-bond acceptors (Lipinski definition) is 4. The summed E-state index contributed by atoms with van der Waals surface area (Å²) in [5.74, 6) is 0. The van der Waals surface area contributed by atoms with Crippen LogP contribution in [0.5, 0.6) is 0 Å². The number of hydrogen-bond donors (Lipinski definition) is 1. The zero-order valence-corrected chi connectivity index (χ0v) is 9.31. The molecule has 80 valence electrons. The van der Waals surface area contributed by atoms with Crippen molar-refractivity contribution in [3.05, 3.63) is 41.8 Å². The molecule has 0 saturated carbocycles. The maximum atomic E-state index is 5.58. The minimum atomic E-state index is 0.473. The molecule has 3 heterocycles. The van der Waals surface area contributed by atoms with Crippen molar-refractivity contribution in [1.29, 1.82) is 0 Å². The average molecular weight is 230 g/mol. The molecule has 2 N–H and O–H groups in total. The fourth-order valence-corrected chi connectivity index (χ4v) is 2.55. The molecule has 3 aromatic heterocycles. The van der Waals surface area contributed by atoms with Crippen molar-refractivity contribution in [1.82, 2.24) is 14.4 Å². The lowest BCUT2D eigenvalue weighted by Gasteiger charge is -1.97. The molecule has 0 aromatic carbocycles. The highest BCUT2D eigenvalue weighted by Crippen LogP contribution is 2.25. The molecule has 0 aliphatic heterocycles. The standard InChI is InChI=1S/C11H10N4S/c12-4-9-6-15-10(7-16-11(15)14-9)8-2-1-3-13-5-8/h1-3,5-7H,4,12H2. The van der Waals surface area contributed by atoms with Gasteiger partial charge in [-0.1, -0.05) is 0 Å². The van der Waals surface area contributed by atoms with E-state index in [1.54, 1.807) is 17.5 Å². The predicted octanol–water partition coefficient (Wildman–Crippen LogP) is 1.92. The fourth-order valence-electron chi connectivity index (χ4n) is 1.65. The normalized spacial score (nSPS) is 11.1. The Hall–Kier alpha value is -1.72. The average Bonchev–Trinajstić information content (AvgIpc) is 2.88. The first-order valence-electron chi connectivity index (χ1n) is 4.94. The summed E-state index contributed by atoms with van der Waals surface area (Å²) in [4.78, 5) is 9.51. The molecule has 0 saturated heterocycles. The molecule has 0 spiro atoms. The summed E-state index contributed by atoms with van der Waals surface area (Å²) in [5.41, 5.74) is 8.70. The van der Waals surface area contributed by atoms with Crippen molar-refractivity contribution in [3.8, 4) is 11.3 Å². The second-order valence-electron chi connectivity index (χ2n) is 3.45. The molecule has 0 radical (unpaired) electrons.